The highest BCUT2D eigenvalue weighted by atomic mass is 32.2. The summed E-state index contributed by atoms with van der Waals surface area (Å²) in [5, 5.41) is 30.3. The van der Waals surface area contributed by atoms with Crippen LogP contribution >= 0.6 is 11.8 Å². The summed E-state index contributed by atoms with van der Waals surface area (Å²) in [5.41, 5.74) is -1.28. The first-order valence-electron chi connectivity index (χ1n) is 11.7. The Kier molecular flexibility index (Phi) is 12.4. The van der Waals surface area contributed by atoms with Crippen LogP contribution in [0.3, 0.4) is 0 Å². The number of epoxide rings is 1. The SMILES string of the molecule is CCC(O)(CC)C/C=C/CC(CCSCCO)CCC1OC1C(O)(CC)C(C)C. The van der Waals surface area contributed by atoms with Crippen LogP contribution in [-0.2, 0) is 4.74 Å². The standard InChI is InChI=1S/C24H46O4S/c1-6-23(26,7-2)15-10-9-11-20(14-17-29-18-16-25)12-13-21-22(28-21)24(27,8-3)19(4)5/h9-10,19-22,25-27H,6-8,11-18H2,1-5H3/b10-9+. The van der Waals surface area contributed by atoms with Crippen molar-refractivity contribution in [1.82, 2.24) is 0 Å². The van der Waals surface area contributed by atoms with Gasteiger partial charge in [0, 0.05) is 5.75 Å². The van der Waals surface area contributed by atoms with E-state index in [1.54, 1.807) is 0 Å². The summed E-state index contributed by atoms with van der Waals surface area (Å²) in [6.45, 7) is 10.5. The zero-order chi connectivity index (χ0) is 21.9. The number of rotatable bonds is 17. The van der Waals surface area contributed by atoms with Crippen LogP contribution in [0.25, 0.3) is 0 Å². The molecular weight excluding hydrogens is 384 g/mol. The average molecular weight is 431 g/mol. The molecule has 0 aliphatic carbocycles. The largest absolute Gasteiger partial charge is 0.396 e. The van der Waals surface area contributed by atoms with Gasteiger partial charge in [0.15, 0.2) is 0 Å². The lowest BCUT2D eigenvalue weighted by Crippen LogP contribution is -2.41. The van der Waals surface area contributed by atoms with E-state index in [0.717, 1.165) is 62.9 Å². The molecule has 172 valence electrons. The van der Waals surface area contributed by atoms with Crippen LogP contribution in [0.2, 0.25) is 0 Å². The van der Waals surface area contributed by atoms with E-state index in [4.69, 9.17) is 9.84 Å². The third-order valence-corrected chi connectivity index (χ3v) is 7.85. The second kappa shape index (κ2) is 13.4. The van der Waals surface area contributed by atoms with Crippen LogP contribution in [0.5, 0.6) is 0 Å². The van der Waals surface area contributed by atoms with E-state index in [9.17, 15) is 10.2 Å². The summed E-state index contributed by atoms with van der Waals surface area (Å²) in [6.07, 6.45) is 11.8. The summed E-state index contributed by atoms with van der Waals surface area (Å²) in [5.74, 6) is 2.64. The van der Waals surface area contributed by atoms with Crippen LogP contribution < -0.4 is 0 Å². The Morgan fingerprint density at radius 2 is 1.69 bits per heavy atom. The number of hydrogen-bond donors (Lipinski definition) is 3. The zero-order valence-corrected chi connectivity index (χ0v) is 20.2. The van der Waals surface area contributed by atoms with E-state index < -0.39 is 11.2 Å². The van der Waals surface area contributed by atoms with E-state index in [-0.39, 0.29) is 24.7 Å². The molecule has 0 aromatic heterocycles. The summed E-state index contributed by atoms with van der Waals surface area (Å²) in [4.78, 5) is 0. The van der Waals surface area contributed by atoms with Crippen LogP contribution in [0.4, 0.5) is 0 Å². The van der Waals surface area contributed by atoms with Crippen molar-refractivity contribution in [1.29, 1.82) is 0 Å². The average Bonchev–Trinajstić information content (AvgIpc) is 3.50. The smallest absolute Gasteiger partial charge is 0.113 e. The maximum Gasteiger partial charge on any atom is 0.113 e. The minimum atomic E-state index is -0.707. The molecule has 0 spiro atoms. The molecule has 0 radical (unpaired) electrons. The van der Waals surface area contributed by atoms with E-state index >= 15 is 0 Å². The number of aliphatic hydroxyl groups excluding tert-OH is 1. The van der Waals surface area contributed by atoms with Crippen molar-refractivity contribution in [2.24, 2.45) is 11.8 Å². The molecule has 0 saturated carbocycles. The monoisotopic (exact) mass is 430 g/mol. The molecular formula is C24H46O4S. The molecule has 0 aromatic carbocycles. The third-order valence-electron chi connectivity index (χ3n) is 6.86. The van der Waals surface area contributed by atoms with Crippen LogP contribution in [0, 0.1) is 11.8 Å². The first-order valence-corrected chi connectivity index (χ1v) is 12.9. The summed E-state index contributed by atoms with van der Waals surface area (Å²) in [7, 11) is 0. The van der Waals surface area contributed by atoms with Crippen molar-refractivity contribution in [3.05, 3.63) is 12.2 Å². The molecule has 1 aliphatic rings. The normalized spacial score (nSPS) is 22.9. The van der Waals surface area contributed by atoms with E-state index in [2.05, 4.69) is 26.0 Å². The molecule has 4 atom stereocenters. The van der Waals surface area contributed by atoms with Crippen molar-refractivity contribution < 1.29 is 20.1 Å². The van der Waals surface area contributed by atoms with E-state index in [1.165, 1.54) is 0 Å². The van der Waals surface area contributed by atoms with Crippen molar-refractivity contribution in [2.75, 3.05) is 18.1 Å². The van der Waals surface area contributed by atoms with Gasteiger partial charge in [-0.3, -0.25) is 0 Å². The van der Waals surface area contributed by atoms with Gasteiger partial charge in [0.2, 0.25) is 0 Å². The van der Waals surface area contributed by atoms with Crippen LogP contribution in [0.15, 0.2) is 12.2 Å². The molecule has 0 bridgehead atoms. The molecule has 0 aromatic rings. The van der Waals surface area contributed by atoms with Gasteiger partial charge in [0.1, 0.15) is 6.10 Å². The predicted molar refractivity (Wildman–Crippen MR) is 124 cm³/mol. The lowest BCUT2D eigenvalue weighted by Gasteiger charge is -2.29. The van der Waals surface area contributed by atoms with Gasteiger partial charge in [0.05, 0.1) is 23.9 Å². The van der Waals surface area contributed by atoms with Crippen LogP contribution in [0.1, 0.15) is 86.0 Å². The molecule has 4 nitrogen and oxygen atoms in total. The van der Waals surface area contributed by atoms with E-state index in [0.29, 0.717) is 5.92 Å². The molecule has 29 heavy (non-hydrogen) atoms. The number of ether oxygens (including phenoxy) is 1. The highest BCUT2D eigenvalue weighted by molar-refractivity contribution is 7.99. The molecule has 4 unspecified atom stereocenters. The Morgan fingerprint density at radius 3 is 2.24 bits per heavy atom. The fourth-order valence-electron chi connectivity index (χ4n) is 4.07. The fourth-order valence-corrected chi connectivity index (χ4v) is 4.90. The second-order valence-electron chi connectivity index (χ2n) is 9.01. The quantitative estimate of drug-likeness (QED) is 0.173. The van der Waals surface area contributed by atoms with Crippen molar-refractivity contribution in [3.8, 4) is 0 Å². The second-order valence-corrected chi connectivity index (χ2v) is 10.2. The molecule has 1 rings (SSSR count). The van der Waals surface area contributed by atoms with Gasteiger partial charge in [-0.05, 0) is 69.0 Å². The Morgan fingerprint density at radius 1 is 1.00 bits per heavy atom. The Labute approximate surface area is 183 Å². The maximum atomic E-state index is 10.9. The Bertz CT molecular complexity index is 464. The van der Waals surface area contributed by atoms with Gasteiger partial charge < -0.3 is 20.1 Å². The van der Waals surface area contributed by atoms with Gasteiger partial charge in [-0.25, -0.2) is 0 Å². The summed E-state index contributed by atoms with van der Waals surface area (Å²) < 4.78 is 5.89. The van der Waals surface area contributed by atoms with Gasteiger partial charge in [0.25, 0.3) is 0 Å². The third kappa shape index (κ3) is 8.90. The van der Waals surface area contributed by atoms with Crippen LogP contribution in [-0.4, -0.2) is 56.8 Å². The highest BCUT2D eigenvalue weighted by Gasteiger charge is 2.53. The minimum absolute atomic E-state index is 0.0171. The first-order chi connectivity index (χ1) is 13.8. The zero-order valence-electron chi connectivity index (χ0n) is 19.4. The minimum Gasteiger partial charge on any atom is -0.396 e. The highest BCUT2D eigenvalue weighted by Crippen LogP contribution is 2.42. The van der Waals surface area contributed by atoms with Crippen molar-refractivity contribution >= 4 is 11.8 Å². The number of aliphatic hydroxyl groups is 3. The Hall–Kier alpha value is -0.0700. The van der Waals surface area contributed by atoms with Crippen molar-refractivity contribution in [2.45, 2.75) is 109 Å². The van der Waals surface area contributed by atoms with E-state index in [1.807, 2.05) is 32.5 Å². The predicted octanol–water partition coefficient (Wildman–Crippen LogP) is 4.95. The van der Waals surface area contributed by atoms with Gasteiger partial charge in [-0.1, -0.05) is 46.8 Å². The maximum absolute atomic E-state index is 10.9. The molecule has 5 heteroatoms. The van der Waals surface area contributed by atoms with Gasteiger partial charge in [-0.15, -0.1) is 0 Å². The molecule has 1 fully saturated rings. The summed E-state index contributed by atoms with van der Waals surface area (Å²) in [6, 6.07) is 0. The lowest BCUT2D eigenvalue weighted by atomic mass is 9.82. The molecule has 1 heterocycles. The molecule has 1 saturated heterocycles. The lowest BCUT2D eigenvalue weighted by molar-refractivity contribution is -0.0330. The first kappa shape index (κ1) is 27.0. The molecule has 0 amide bonds. The number of allylic oxidation sites excluding steroid dienone is 1. The number of thioether (sulfide) groups is 1. The van der Waals surface area contributed by atoms with Gasteiger partial charge in [-0.2, -0.15) is 11.8 Å². The van der Waals surface area contributed by atoms with Gasteiger partial charge >= 0.3 is 0 Å². The molecule has 1 aliphatic heterocycles. The number of hydrogen-bond acceptors (Lipinski definition) is 5. The molecule has 3 N–H and O–H groups in total. The fraction of sp³-hybridized carbons (Fsp3) is 0.917. The topological polar surface area (TPSA) is 73.2 Å². The summed E-state index contributed by atoms with van der Waals surface area (Å²) >= 11 is 1.81. The van der Waals surface area contributed by atoms with Crippen molar-refractivity contribution in [3.63, 3.8) is 0 Å². The Balaban J connectivity index is 2.51.